The minimum Gasteiger partial charge on any atom is -0.449 e. The van der Waals surface area contributed by atoms with Crippen LogP contribution in [0.25, 0.3) is 0 Å². The molecular weight excluding hydrogens is 224 g/mol. The van der Waals surface area contributed by atoms with Gasteiger partial charge in [0.05, 0.1) is 19.1 Å². The first-order chi connectivity index (χ1) is 7.29. The van der Waals surface area contributed by atoms with Crippen LogP contribution >= 0.6 is 0 Å². The van der Waals surface area contributed by atoms with Crippen LogP contribution in [-0.4, -0.2) is 38.2 Å². The first-order valence-electron chi connectivity index (χ1n) is 5.54. The summed E-state index contributed by atoms with van der Waals surface area (Å²) in [5.74, 6) is -0.0376. The van der Waals surface area contributed by atoms with E-state index in [0.717, 1.165) is 6.04 Å². The third kappa shape index (κ3) is 3.84. The number of β-lactam (4-membered cyclic amide) rings is 1. The van der Waals surface area contributed by atoms with Gasteiger partial charge in [0, 0.05) is 8.07 Å². The summed E-state index contributed by atoms with van der Waals surface area (Å²) in [5, 5.41) is 1.29. The molecule has 1 fully saturated rings. The number of hydrogen-bond acceptors (Lipinski definition) is 3. The molecule has 1 unspecified atom stereocenters. The molecule has 16 heavy (non-hydrogen) atoms. The third-order valence-corrected chi connectivity index (χ3v) is 4.16. The van der Waals surface area contributed by atoms with Crippen LogP contribution in [-0.2, 0) is 9.53 Å². The molecule has 1 aliphatic rings. The second-order valence-corrected chi connectivity index (χ2v) is 11.0. The van der Waals surface area contributed by atoms with E-state index in [4.69, 9.17) is 4.74 Å². The molecule has 2 amide bonds. The fourth-order valence-corrected chi connectivity index (χ4v) is 2.00. The van der Waals surface area contributed by atoms with Crippen molar-refractivity contribution in [1.29, 1.82) is 0 Å². The highest BCUT2D eigenvalue weighted by Gasteiger charge is 2.34. The lowest BCUT2D eigenvalue weighted by Gasteiger charge is -2.35. The molecule has 0 aromatic heterocycles. The fraction of sp³-hybridized carbons (Fsp3) is 0.800. The van der Waals surface area contributed by atoms with E-state index in [-0.39, 0.29) is 11.8 Å². The number of nitrogens with zero attached hydrogens (tertiary/aromatic N) is 1. The molecule has 1 atom stereocenters. The summed E-state index contributed by atoms with van der Waals surface area (Å²) in [6.07, 6.45) is -0.529. The number of rotatable bonds is 4. The van der Waals surface area contributed by atoms with Crippen LogP contribution in [0.2, 0.25) is 25.7 Å². The topological polar surface area (TPSA) is 58.6 Å². The molecule has 0 saturated carbocycles. The average Bonchev–Trinajstić information content (AvgIpc) is 2.15. The Morgan fingerprint density at radius 2 is 2.19 bits per heavy atom. The molecule has 1 saturated heterocycles. The number of amides is 2. The van der Waals surface area contributed by atoms with Gasteiger partial charge in [-0.05, 0) is 6.04 Å². The molecule has 0 radical (unpaired) electrons. The Hall–Kier alpha value is -1.04. The molecule has 0 aromatic carbocycles. The van der Waals surface area contributed by atoms with E-state index in [1.165, 1.54) is 5.01 Å². The number of hydrazine groups is 1. The minimum atomic E-state index is -1.17. The minimum absolute atomic E-state index is 0.0160. The summed E-state index contributed by atoms with van der Waals surface area (Å²) >= 11 is 0. The third-order valence-electron chi connectivity index (χ3n) is 2.46. The smallest absolute Gasteiger partial charge is 0.426 e. The Bertz CT molecular complexity index is 288. The Morgan fingerprint density at radius 1 is 1.56 bits per heavy atom. The van der Waals surface area contributed by atoms with Crippen molar-refractivity contribution in [3.63, 3.8) is 0 Å². The lowest BCUT2D eigenvalue weighted by atomic mass is 10.0. The van der Waals surface area contributed by atoms with Crippen LogP contribution in [0, 0.1) is 5.92 Å². The van der Waals surface area contributed by atoms with Crippen molar-refractivity contribution in [1.82, 2.24) is 10.4 Å². The maximum atomic E-state index is 11.3. The monoisotopic (exact) mass is 244 g/mol. The van der Waals surface area contributed by atoms with Gasteiger partial charge in [-0.25, -0.2) is 10.2 Å². The van der Waals surface area contributed by atoms with Gasteiger partial charge >= 0.3 is 6.09 Å². The van der Waals surface area contributed by atoms with Crippen molar-refractivity contribution >= 4 is 20.1 Å². The number of carbonyl (C=O) groups is 2. The van der Waals surface area contributed by atoms with E-state index in [1.54, 1.807) is 0 Å². The highest BCUT2D eigenvalue weighted by molar-refractivity contribution is 6.76. The van der Waals surface area contributed by atoms with E-state index in [1.807, 2.05) is 6.92 Å². The Labute approximate surface area is 97.1 Å². The molecule has 5 nitrogen and oxygen atoms in total. The van der Waals surface area contributed by atoms with Gasteiger partial charge in [0.25, 0.3) is 0 Å². The van der Waals surface area contributed by atoms with Crippen molar-refractivity contribution in [2.75, 3.05) is 13.2 Å². The van der Waals surface area contributed by atoms with Gasteiger partial charge in [0.1, 0.15) is 0 Å². The zero-order valence-electron chi connectivity index (χ0n) is 10.4. The fourth-order valence-electron chi connectivity index (χ4n) is 1.29. The molecule has 6 heteroatoms. The van der Waals surface area contributed by atoms with Gasteiger partial charge in [-0.2, -0.15) is 0 Å². The van der Waals surface area contributed by atoms with Crippen LogP contribution in [0.4, 0.5) is 4.79 Å². The lowest BCUT2D eigenvalue weighted by molar-refractivity contribution is -0.150. The quantitative estimate of drug-likeness (QED) is 0.601. The highest BCUT2D eigenvalue weighted by Crippen LogP contribution is 2.13. The first-order valence-corrected chi connectivity index (χ1v) is 9.25. The molecular formula is C10H20N2O3Si. The number of ether oxygens (including phenoxy) is 1. The molecule has 0 aromatic rings. The molecule has 1 rings (SSSR count). The van der Waals surface area contributed by atoms with Crippen molar-refractivity contribution in [3.05, 3.63) is 0 Å². The Kier molecular flexibility index (Phi) is 3.96. The zero-order chi connectivity index (χ0) is 12.3. The van der Waals surface area contributed by atoms with E-state index >= 15 is 0 Å². The van der Waals surface area contributed by atoms with Gasteiger partial charge in [-0.1, -0.05) is 26.6 Å². The van der Waals surface area contributed by atoms with Gasteiger partial charge in [0.15, 0.2) is 0 Å². The summed E-state index contributed by atoms with van der Waals surface area (Å²) in [6, 6.07) is 0.935. The van der Waals surface area contributed by atoms with E-state index < -0.39 is 14.2 Å². The molecule has 1 aliphatic heterocycles. The first kappa shape index (κ1) is 13.0. The van der Waals surface area contributed by atoms with Crippen molar-refractivity contribution < 1.29 is 14.3 Å². The van der Waals surface area contributed by atoms with E-state index in [0.29, 0.717) is 13.2 Å². The summed E-state index contributed by atoms with van der Waals surface area (Å²) < 4.78 is 5.00. The largest absolute Gasteiger partial charge is 0.449 e. The number of hydrogen-bond donors (Lipinski definition) is 1. The second kappa shape index (κ2) is 4.86. The van der Waals surface area contributed by atoms with Crippen LogP contribution < -0.4 is 5.43 Å². The van der Waals surface area contributed by atoms with E-state index in [2.05, 4.69) is 25.1 Å². The van der Waals surface area contributed by atoms with Crippen molar-refractivity contribution in [2.24, 2.45) is 5.92 Å². The lowest BCUT2D eigenvalue weighted by Crippen LogP contribution is -2.59. The molecule has 0 spiro atoms. The van der Waals surface area contributed by atoms with Gasteiger partial charge in [0.2, 0.25) is 5.91 Å². The van der Waals surface area contributed by atoms with Gasteiger partial charge < -0.3 is 4.74 Å². The number of nitrogens with one attached hydrogen (secondary N) is 1. The van der Waals surface area contributed by atoms with Crippen LogP contribution in [0.5, 0.6) is 0 Å². The van der Waals surface area contributed by atoms with Gasteiger partial charge in [-0.15, -0.1) is 0 Å². The molecule has 0 aliphatic carbocycles. The predicted molar refractivity (Wildman–Crippen MR) is 63.5 cm³/mol. The SMILES string of the molecule is CC1CN(NC(=O)OCC[Si](C)(C)C)C1=O. The summed E-state index contributed by atoms with van der Waals surface area (Å²) in [5.41, 5.74) is 2.42. The van der Waals surface area contributed by atoms with Crippen molar-refractivity contribution in [3.8, 4) is 0 Å². The normalized spacial score (nSPS) is 20.4. The predicted octanol–water partition coefficient (Wildman–Crippen LogP) is 1.44. The highest BCUT2D eigenvalue weighted by atomic mass is 28.3. The summed E-state index contributed by atoms with van der Waals surface area (Å²) in [4.78, 5) is 22.5. The van der Waals surface area contributed by atoms with Crippen molar-refractivity contribution in [2.45, 2.75) is 32.6 Å². The van der Waals surface area contributed by atoms with Crippen LogP contribution in [0.15, 0.2) is 0 Å². The second-order valence-electron chi connectivity index (χ2n) is 5.41. The average molecular weight is 244 g/mol. The molecule has 1 N–H and O–H groups in total. The molecule has 92 valence electrons. The maximum absolute atomic E-state index is 11.3. The standard InChI is InChI=1S/C10H20N2O3Si/c1-8-7-12(9(8)13)11-10(14)15-5-6-16(2,3)4/h8H,5-7H2,1-4H3,(H,11,14). The summed E-state index contributed by atoms with van der Waals surface area (Å²) in [6.45, 7) is 9.48. The van der Waals surface area contributed by atoms with Gasteiger partial charge in [-0.3, -0.25) is 9.80 Å². The van der Waals surface area contributed by atoms with Crippen LogP contribution in [0.1, 0.15) is 6.92 Å². The zero-order valence-corrected chi connectivity index (χ0v) is 11.4. The maximum Gasteiger partial charge on any atom is 0.426 e. The molecule has 0 bridgehead atoms. The Morgan fingerprint density at radius 3 is 2.62 bits per heavy atom. The Balaban J connectivity index is 2.15. The summed E-state index contributed by atoms with van der Waals surface area (Å²) in [7, 11) is -1.17. The van der Waals surface area contributed by atoms with E-state index in [9.17, 15) is 9.59 Å². The molecule has 1 heterocycles. The van der Waals surface area contributed by atoms with Crippen LogP contribution in [0.3, 0.4) is 0 Å². The number of carbonyl (C=O) groups excluding carboxylic acids is 2.